The summed E-state index contributed by atoms with van der Waals surface area (Å²) in [5, 5.41) is 13.8. The summed E-state index contributed by atoms with van der Waals surface area (Å²) < 4.78 is 20.4. The molecule has 0 aliphatic heterocycles. The first-order valence-electron chi connectivity index (χ1n) is 7.88. The molecule has 0 aliphatic rings. The second-order valence-electron chi connectivity index (χ2n) is 5.69. The second-order valence-corrected chi connectivity index (χ2v) is 9.07. The van der Waals surface area contributed by atoms with Gasteiger partial charge in [-0.05, 0) is 71.6 Å². The molecule has 2 aromatic carbocycles. The Bertz CT molecular complexity index is 1130. The summed E-state index contributed by atoms with van der Waals surface area (Å²) in [6.07, 6.45) is 0. The summed E-state index contributed by atoms with van der Waals surface area (Å²) in [5.41, 5.74) is 0.665. The molecule has 0 bridgehead atoms. The maximum Gasteiger partial charge on any atom is 0.339 e. The number of carbonyl (C=O) groups excluding carboxylic acids is 1. The van der Waals surface area contributed by atoms with Crippen molar-refractivity contribution in [3.05, 3.63) is 66.1 Å². The maximum absolute atomic E-state index is 13.6. The van der Waals surface area contributed by atoms with Gasteiger partial charge in [0.15, 0.2) is 0 Å². The van der Waals surface area contributed by atoms with Crippen LogP contribution in [0.5, 0.6) is 5.75 Å². The summed E-state index contributed by atoms with van der Waals surface area (Å²) in [7, 11) is 1.47. The van der Waals surface area contributed by atoms with Crippen molar-refractivity contribution in [2.45, 2.75) is 0 Å². The van der Waals surface area contributed by atoms with Gasteiger partial charge in [0.1, 0.15) is 17.1 Å². The van der Waals surface area contributed by atoms with Crippen LogP contribution in [0.25, 0.3) is 10.4 Å². The zero-order valence-corrected chi connectivity index (χ0v) is 20.1. The van der Waals surface area contributed by atoms with Gasteiger partial charge < -0.3 is 15.2 Å². The molecule has 1 amide bonds. The van der Waals surface area contributed by atoms with E-state index in [0.717, 1.165) is 11.3 Å². The number of amides is 1. The van der Waals surface area contributed by atoms with Gasteiger partial charge in [-0.3, -0.25) is 4.79 Å². The van der Waals surface area contributed by atoms with Crippen molar-refractivity contribution in [1.29, 1.82) is 0 Å². The van der Waals surface area contributed by atoms with Crippen LogP contribution in [0.1, 0.15) is 20.7 Å². The number of benzene rings is 2. The van der Waals surface area contributed by atoms with E-state index in [0.29, 0.717) is 29.6 Å². The van der Waals surface area contributed by atoms with E-state index in [4.69, 9.17) is 4.74 Å². The SMILES string of the molecule is COc1c(Br)cc(Br)c(C(=O)Nc2csc(-c3cccc(F)c3)c2C(=O)O)c1Br. The average molecular weight is 608 g/mol. The van der Waals surface area contributed by atoms with E-state index in [1.165, 1.54) is 30.7 Å². The molecule has 0 unspecified atom stereocenters. The predicted molar refractivity (Wildman–Crippen MR) is 121 cm³/mol. The first-order chi connectivity index (χ1) is 13.7. The van der Waals surface area contributed by atoms with Crippen molar-refractivity contribution in [2.24, 2.45) is 0 Å². The normalized spacial score (nSPS) is 10.7. The van der Waals surface area contributed by atoms with Gasteiger partial charge in [-0.15, -0.1) is 11.3 Å². The molecule has 0 radical (unpaired) electrons. The van der Waals surface area contributed by atoms with Crippen molar-refractivity contribution in [1.82, 2.24) is 0 Å². The lowest BCUT2D eigenvalue weighted by Gasteiger charge is -2.13. The maximum atomic E-state index is 13.6. The molecule has 0 aliphatic carbocycles. The van der Waals surface area contributed by atoms with E-state index in [2.05, 4.69) is 53.1 Å². The van der Waals surface area contributed by atoms with E-state index in [9.17, 15) is 19.1 Å². The van der Waals surface area contributed by atoms with Crippen LogP contribution in [0.2, 0.25) is 0 Å². The molecule has 2 N–H and O–H groups in total. The van der Waals surface area contributed by atoms with Gasteiger partial charge in [0.2, 0.25) is 0 Å². The minimum absolute atomic E-state index is 0.106. The van der Waals surface area contributed by atoms with Gasteiger partial charge in [0.05, 0.1) is 32.2 Å². The average Bonchev–Trinajstić information content (AvgIpc) is 3.05. The number of carboxylic acids is 1. The Hall–Kier alpha value is -1.75. The quantitative estimate of drug-likeness (QED) is 0.335. The molecular weight excluding hydrogens is 597 g/mol. The highest BCUT2D eigenvalue weighted by atomic mass is 79.9. The van der Waals surface area contributed by atoms with E-state index in [1.54, 1.807) is 12.1 Å². The molecule has 1 aromatic heterocycles. The summed E-state index contributed by atoms with van der Waals surface area (Å²) >= 11 is 11.1. The molecule has 3 rings (SSSR count). The number of hydrogen-bond donors (Lipinski definition) is 2. The summed E-state index contributed by atoms with van der Waals surface area (Å²) in [6.45, 7) is 0. The van der Waals surface area contributed by atoms with Gasteiger partial charge in [-0.1, -0.05) is 12.1 Å². The highest BCUT2D eigenvalue weighted by Crippen LogP contribution is 2.41. The third kappa shape index (κ3) is 4.40. The Balaban J connectivity index is 2.04. The van der Waals surface area contributed by atoms with Crippen LogP contribution in [0.15, 0.2) is 49.1 Å². The van der Waals surface area contributed by atoms with Crippen molar-refractivity contribution in [3.63, 3.8) is 0 Å². The lowest BCUT2D eigenvalue weighted by Crippen LogP contribution is -2.15. The minimum Gasteiger partial charge on any atom is -0.494 e. The van der Waals surface area contributed by atoms with E-state index in [1.807, 2.05) is 0 Å². The van der Waals surface area contributed by atoms with Crippen LogP contribution >= 0.6 is 59.1 Å². The molecule has 3 aromatic rings. The van der Waals surface area contributed by atoms with Gasteiger partial charge >= 0.3 is 5.97 Å². The third-order valence-corrected chi connectivity index (χ3v) is 6.90. The highest BCUT2D eigenvalue weighted by molar-refractivity contribution is 9.11. The Morgan fingerprint density at radius 2 is 1.86 bits per heavy atom. The molecule has 0 spiro atoms. The standard InChI is InChI=1S/C19H11Br3FNO4S/c1-28-16-11(21)6-10(20)13(15(16)22)18(25)24-12-7-29-17(14(12)19(26)27)8-3-2-4-9(23)5-8/h2-7H,1H3,(H,24,25)(H,26,27). The van der Waals surface area contributed by atoms with Crippen molar-refractivity contribution in [2.75, 3.05) is 12.4 Å². The van der Waals surface area contributed by atoms with Crippen LogP contribution in [-0.2, 0) is 0 Å². The number of thiophene rings is 1. The first-order valence-corrected chi connectivity index (χ1v) is 11.1. The molecule has 0 fully saturated rings. The molecule has 0 saturated carbocycles. The largest absolute Gasteiger partial charge is 0.494 e. The van der Waals surface area contributed by atoms with E-state index >= 15 is 0 Å². The van der Waals surface area contributed by atoms with E-state index in [-0.39, 0.29) is 16.8 Å². The first kappa shape index (κ1) is 21.9. The monoisotopic (exact) mass is 605 g/mol. The number of rotatable bonds is 5. The molecule has 29 heavy (non-hydrogen) atoms. The smallest absolute Gasteiger partial charge is 0.339 e. The van der Waals surface area contributed by atoms with Crippen molar-refractivity contribution >= 4 is 76.7 Å². The number of methoxy groups -OCH3 is 1. The van der Waals surface area contributed by atoms with Gasteiger partial charge in [0, 0.05) is 9.85 Å². The third-order valence-electron chi connectivity index (χ3n) is 3.90. The van der Waals surface area contributed by atoms with Crippen LogP contribution < -0.4 is 10.1 Å². The van der Waals surface area contributed by atoms with Crippen molar-refractivity contribution in [3.8, 4) is 16.2 Å². The van der Waals surface area contributed by atoms with Gasteiger partial charge in [-0.2, -0.15) is 0 Å². The Morgan fingerprint density at radius 3 is 2.48 bits per heavy atom. The molecular formula is C19H11Br3FNO4S. The van der Waals surface area contributed by atoms with Crippen LogP contribution in [0.3, 0.4) is 0 Å². The summed E-state index contributed by atoms with van der Waals surface area (Å²) in [4.78, 5) is 25.1. The lowest BCUT2D eigenvalue weighted by atomic mass is 10.1. The molecule has 150 valence electrons. The fourth-order valence-electron chi connectivity index (χ4n) is 2.66. The van der Waals surface area contributed by atoms with Gasteiger partial charge in [0.25, 0.3) is 5.91 Å². The number of carboxylic acid groups (broad SMARTS) is 1. The zero-order chi connectivity index (χ0) is 21.3. The van der Waals surface area contributed by atoms with E-state index < -0.39 is 17.7 Å². The fourth-order valence-corrected chi connectivity index (χ4v) is 6.45. The fraction of sp³-hybridized carbons (Fsp3) is 0.0526. The number of aromatic carboxylic acids is 1. The molecule has 1 heterocycles. The summed E-state index contributed by atoms with van der Waals surface area (Å²) in [5.74, 6) is -1.83. The van der Waals surface area contributed by atoms with Crippen LogP contribution in [0.4, 0.5) is 10.1 Å². The number of nitrogens with one attached hydrogen (secondary N) is 1. The zero-order valence-electron chi connectivity index (χ0n) is 14.6. The number of hydrogen-bond acceptors (Lipinski definition) is 4. The molecule has 10 heteroatoms. The van der Waals surface area contributed by atoms with Crippen LogP contribution in [0, 0.1) is 5.82 Å². The molecule has 0 saturated heterocycles. The highest BCUT2D eigenvalue weighted by Gasteiger charge is 2.25. The Morgan fingerprint density at radius 1 is 1.14 bits per heavy atom. The number of carbonyl (C=O) groups is 2. The Kier molecular flexibility index (Phi) is 6.77. The Labute approximate surface area is 194 Å². The topological polar surface area (TPSA) is 75.6 Å². The predicted octanol–water partition coefficient (Wildman–Crippen LogP) is 6.80. The minimum atomic E-state index is -1.23. The van der Waals surface area contributed by atoms with Crippen LogP contribution in [-0.4, -0.2) is 24.1 Å². The molecule has 0 atom stereocenters. The lowest BCUT2D eigenvalue weighted by molar-refractivity contribution is 0.0699. The number of ether oxygens (including phenoxy) is 1. The second kappa shape index (κ2) is 8.95. The molecule has 5 nitrogen and oxygen atoms in total. The number of anilines is 1. The van der Waals surface area contributed by atoms with Gasteiger partial charge in [-0.25, -0.2) is 9.18 Å². The van der Waals surface area contributed by atoms with Crippen molar-refractivity contribution < 1.29 is 23.8 Å². The number of halogens is 4. The summed E-state index contributed by atoms with van der Waals surface area (Å²) in [6, 6.07) is 7.28.